The standard InChI is InChI=1S/C7H8O6S2/c8-14(9,10)5-6-1-3-7(4-2-6)15(11,12)13/h1-4H,5H2,(H,8,9,10)(H,11,12,13). The number of rotatable bonds is 3. The summed E-state index contributed by atoms with van der Waals surface area (Å²) >= 11 is 0. The molecule has 0 heterocycles. The molecule has 2 N–H and O–H groups in total. The predicted octanol–water partition coefficient (Wildman–Crippen LogP) is 0.321. The van der Waals surface area contributed by atoms with Crippen molar-refractivity contribution in [3.05, 3.63) is 29.8 Å². The molecule has 1 rings (SSSR count). The van der Waals surface area contributed by atoms with Crippen LogP contribution in [0.25, 0.3) is 0 Å². The molecule has 0 aliphatic heterocycles. The molecule has 0 aromatic heterocycles. The van der Waals surface area contributed by atoms with Gasteiger partial charge in [0.15, 0.2) is 0 Å². The third-order valence-electron chi connectivity index (χ3n) is 1.57. The van der Waals surface area contributed by atoms with Crippen molar-refractivity contribution in [2.75, 3.05) is 0 Å². The van der Waals surface area contributed by atoms with Crippen molar-refractivity contribution in [1.82, 2.24) is 0 Å². The fourth-order valence-electron chi connectivity index (χ4n) is 0.968. The lowest BCUT2D eigenvalue weighted by molar-refractivity contribution is 0.481. The molecule has 0 bridgehead atoms. The Balaban J connectivity index is 3.02. The molecule has 1 aromatic carbocycles. The number of hydrogen-bond acceptors (Lipinski definition) is 4. The summed E-state index contributed by atoms with van der Waals surface area (Å²) in [4.78, 5) is -0.332. The Hall–Kier alpha value is -0.960. The summed E-state index contributed by atoms with van der Waals surface area (Å²) in [7, 11) is -8.41. The Morgan fingerprint density at radius 1 is 0.933 bits per heavy atom. The molecule has 0 fully saturated rings. The first-order valence-corrected chi connectivity index (χ1v) is 6.75. The smallest absolute Gasteiger partial charge is 0.285 e. The fraction of sp³-hybridized carbons (Fsp3) is 0.143. The van der Waals surface area contributed by atoms with E-state index in [4.69, 9.17) is 9.11 Å². The molecular formula is C7H8O6S2. The van der Waals surface area contributed by atoms with Gasteiger partial charge in [0, 0.05) is 0 Å². The Bertz CT molecular complexity index is 540. The van der Waals surface area contributed by atoms with E-state index in [1.54, 1.807) is 0 Å². The topological polar surface area (TPSA) is 109 Å². The van der Waals surface area contributed by atoms with Gasteiger partial charge in [-0.25, -0.2) is 0 Å². The fourth-order valence-corrected chi connectivity index (χ4v) is 2.06. The zero-order chi connectivity index (χ0) is 11.7. The van der Waals surface area contributed by atoms with Crippen molar-refractivity contribution < 1.29 is 25.9 Å². The van der Waals surface area contributed by atoms with Crippen LogP contribution >= 0.6 is 0 Å². The molecule has 0 spiro atoms. The van der Waals surface area contributed by atoms with E-state index in [9.17, 15) is 16.8 Å². The molecule has 0 saturated carbocycles. The van der Waals surface area contributed by atoms with Crippen LogP contribution in [0.2, 0.25) is 0 Å². The molecule has 0 atom stereocenters. The lowest BCUT2D eigenvalue weighted by Crippen LogP contribution is -2.02. The maximum atomic E-state index is 10.6. The summed E-state index contributed by atoms with van der Waals surface area (Å²) in [5.74, 6) is -0.598. The lowest BCUT2D eigenvalue weighted by atomic mass is 10.2. The number of hydrogen-bond donors (Lipinski definition) is 2. The number of benzene rings is 1. The average molecular weight is 252 g/mol. The Morgan fingerprint density at radius 2 is 1.40 bits per heavy atom. The van der Waals surface area contributed by atoms with E-state index >= 15 is 0 Å². The van der Waals surface area contributed by atoms with Crippen molar-refractivity contribution in [3.63, 3.8) is 0 Å². The molecule has 0 amide bonds. The first-order valence-electron chi connectivity index (χ1n) is 3.70. The minimum Gasteiger partial charge on any atom is -0.285 e. The van der Waals surface area contributed by atoms with Crippen molar-refractivity contribution in [2.45, 2.75) is 10.6 Å². The van der Waals surface area contributed by atoms with Crippen molar-refractivity contribution in [3.8, 4) is 0 Å². The van der Waals surface area contributed by atoms with Crippen LogP contribution in [0.4, 0.5) is 0 Å². The van der Waals surface area contributed by atoms with Crippen molar-refractivity contribution in [1.29, 1.82) is 0 Å². The molecule has 0 unspecified atom stereocenters. The van der Waals surface area contributed by atoms with Crippen LogP contribution in [0, 0.1) is 0 Å². The molecule has 6 nitrogen and oxygen atoms in total. The van der Waals surface area contributed by atoms with Crippen LogP contribution in [-0.2, 0) is 26.0 Å². The minimum absolute atomic E-state index is 0.227. The first-order chi connectivity index (χ1) is 6.68. The molecule has 1 aromatic rings. The van der Waals surface area contributed by atoms with E-state index in [1.807, 2.05) is 0 Å². The molecule has 0 radical (unpaired) electrons. The SMILES string of the molecule is O=S(=O)(O)Cc1ccc(S(=O)(=O)O)cc1. The van der Waals surface area contributed by atoms with Crippen LogP contribution in [0.5, 0.6) is 0 Å². The summed E-state index contributed by atoms with van der Waals surface area (Å²) in [5, 5.41) is 0. The summed E-state index contributed by atoms with van der Waals surface area (Å²) in [5.41, 5.74) is 0.227. The van der Waals surface area contributed by atoms with Crippen molar-refractivity contribution >= 4 is 20.2 Å². The lowest BCUT2D eigenvalue weighted by Gasteiger charge is -2.00. The van der Waals surface area contributed by atoms with Crippen LogP contribution in [0.3, 0.4) is 0 Å². The summed E-state index contributed by atoms with van der Waals surface area (Å²) < 4.78 is 59.3. The minimum atomic E-state index is -4.28. The summed E-state index contributed by atoms with van der Waals surface area (Å²) in [6, 6.07) is 4.49. The highest BCUT2D eigenvalue weighted by atomic mass is 32.2. The second kappa shape index (κ2) is 3.89. The van der Waals surface area contributed by atoms with Gasteiger partial charge in [-0.15, -0.1) is 0 Å². The van der Waals surface area contributed by atoms with Gasteiger partial charge in [0.05, 0.1) is 4.90 Å². The van der Waals surface area contributed by atoms with Gasteiger partial charge in [-0.1, -0.05) is 12.1 Å². The predicted molar refractivity (Wildman–Crippen MR) is 51.5 cm³/mol. The second-order valence-corrected chi connectivity index (χ2v) is 5.72. The zero-order valence-corrected chi connectivity index (χ0v) is 8.99. The van der Waals surface area contributed by atoms with Gasteiger partial charge in [-0.2, -0.15) is 16.8 Å². The van der Waals surface area contributed by atoms with Gasteiger partial charge < -0.3 is 0 Å². The quantitative estimate of drug-likeness (QED) is 0.750. The van der Waals surface area contributed by atoms with E-state index in [0.717, 1.165) is 12.1 Å². The third-order valence-corrected chi connectivity index (χ3v) is 3.14. The maximum Gasteiger partial charge on any atom is 0.294 e. The van der Waals surface area contributed by atoms with Gasteiger partial charge in [-0.05, 0) is 17.7 Å². The van der Waals surface area contributed by atoms with Crippen LogP contribution in [-0.4, -0.2) is 25.9 Å². The van der Waals surface area contributed by atoms with Crippen LogP contribution in [0.1, 0.15) is 5.56 Å². The molecule has 15 heavy (non-hydrogen) atoms. The average Bonchev–Trinajstić information content (AvgIpc) is 2.00. The molecule has 84 valence electrons. The van der Waals surface area contributed by atoms with Crippen LogP contribution in [0.15, 0.2) is 29.2 Å². The van der Waals surface area contributed by atoms with Gasteiger partial charge in [0.1, 0.15) is 5.75 Å². The van der Waals surface area contributed by atoms with E-state index in [0.29, 0.717) is 0 Å². The zero-order valence-electron chi connectivity index (χ0n) is 7.36. The van der Waals surface area contributed by atoms with Gasteiger partial charge in [-0.3, -0.25) is 9.11 Å². The highest BCUT2D eigenvalue weighted by Crippen LogP contribution is 2.11. The monoisotopic (exact) mass is 252 g/mol. The highest BCUT2D eigenvalue weighted by molar-refractivity contribution is 7.86. The van der Waals surface area contributed by atoms with E-state index < -0.39 is 26.0 Å². The largest absolute Gasteiger partial charge is 0.294 e. The van der Waals surface area contributed by atoms with E-state index in [-0.39, 0.29) is 10.5 Å². The van der Waals surface area contributed by atoms with Gasteiger partial charge in [0.2, 0.25) is 0 Å². The molecule has 8 heteroatoms. The molecule has 0 aliphatic rings. The maximum absolute atomic E-state index is 10.6. The van der Waals surface area contributed by atoms with Crippen LogP contribution < -0.4 is 0 Å². The van der Waals surface area contributed by atoms with E-state index in [2.05, 4.69) is 0 Å². The summed E-state index contributed by atoms with van der Waals surface area (Å²) in [6.07, 6.45) is 0. The summed E-state index contributed by atoms with van der Waals surface area (Å²) in [6.45, 7) is 0. The molecular weight excluding hydrogens is 244 g/mol. The normalized spacial score (nSPS) is 12.7. The first kappa shape index (κ1) is 12.1. The Labute approximate surface area is 87.1 Å². The van der Waals surface area contributed by atoms with Gasteiger partial charge >= 0.3 is 0 Å². The van der Waals surface area contributed by atoms with E-state index in [1.165, 1.54) is 12.1 Å². The second-order valence-electron chi connectivity index (χ2n) is 2.85. The highest BCUT2D eigenvalue weighted by Gasteiger charge is 2.10. The third kappa shape index (κ3) is 3.96. The Kier molecular flexibility index (Phi) is 3.14. The van der Waals surface area contributed by atoms with Gasteiger partial charge in [0.25, 0.3) is 20.2 Å². The molecule has 0 saturated heterocycles. The molecule has 0 aliphatic carbocycles. The Morgan fingerprint density at radius 3 is 1.73 bits per heavy atom. The van der Waals surface area contributed by atoms with Crippen molar-refractivity contribution in [2.24, 2.45) is 0 Å².